The molecule has 7 heteroatoms. The first kappa shape index (κ1) is 16.7. The molecule has 0 aliphatic carbocycles. The number of benzene rings is 1. The molecular weight excluding hydrogens is 324 g/mol. The summed E-state index contributed by atoms with van der Waals surface area (Å²) in [5.74, 6) is 2.45. The molecule has 2 N–H and O–H groups in total. The number of hydrogen-bond acceptors (Lipinski definition) is 6. The maximum atomic E-state index is 11.6. The zero-order valence-corrected chi connectivity index (χ0v) is 14.7. The lowest BCUT2D eigenvalue weighted by Gasteiger charge is -2.14. The lowest BCUT2D eigenvalue weighted by atomic mass is 10.1. The van der Waals surface area contributed by atoms with Crippen LogP contribution in [0.1, 0.15) is 23.4 Å². The molecule has 1 aromatic heterocycles. The van der Waals surface area contributed by atoms with Crippen LogP contribution in [0.15, 0.2) is 30.3 Å². The Labute approximate surface area is 142 Å². The molecule has 1 saturated heterocycles. The van der Waals surface area contributed by atoms with Crippen LogP contribution in [0.5, 0.6) is 0 Å². The molecule has 1 aliphatic heterocycles. The molecule has 0 spiro atoms. The maximum Gasteiger partial charge on any atom is 0.152 e. The molecule has 0 radical (unpaired) electrons. The van der Waals surface area contributed by atoms with Gasteiger partial charge in [-0.05, 0) is 25.8 Å². The molecule has 128 valence electrons. The lowest BCUT2D eigenvalue weighted by molar-refractivity contribution is 0.602. The van der Waals surface area contributed by atoms with Crippen LogP contribution in [0, 0.1) is 13.8 Å². The van der Waals surface area contributed by atoms with Gasteiger partial charge in [0.05, 0.1) is 11.5 Å². The van der Waals surface area contributed by atoms with E-state index in [9.17, 15) is 8.42 Å². The number of aryl methyl sites for hydroxylation is 2. The third kappa shape index (κ3) is 4.44. The average molecular weight is 346 g/mol. The largest absolute Gasteiger partial charge is 0.366 e. The van der Waals surface area contributed by atoms with Crippen molar-refractivity contribution in [3.63, 3.8) is 0 Å². The lowest BCUT2D eigenvalue weighted by Crippen LogP contribution is -2.21. The maximum absolute atomic E-state index is 11.6. The summed E-state index contributed by atoms with van der Waals surface area (Å²) in [7, 11) is -2.91. The van der Waals surface area contributed by atoms with Crippen LogP contribution in [0.25, 0.3) is 0 Å². The van der Waals surface area contributed by atoms with Gasteiger partial charge in [-0.25, -0.2) is 18.4 Å². The Morgan fingerprint density at radius 3 is 2.67 bits per heavy atom. The molecule has 0 bridgehead atoms. The molecule has 1 aromatic carbocycles. The van der Waals surface area contributed by atoms with E-state index in [0.29, 0.717) is 24.6 Å². The topological polar surface area (TPSA) is 84.0 Å². The zero-order chi connectivity index (χ0) is 17.2. The molecule has 1 unspecified atom stereocenters. The number of nitrogens with one attached hydrogen (secondary N) is 2. The summed E-state index contributed by atoms with van der Waals surface area (Å²) >= 11 is 0. The number of nitrogens with zero attached hydrogens (tertiary/aromatic N) is 2. The minimum atomic E-state index is -2.91. The SMILES string of the molecule is Cc1cccc(CNc2cc(NC3CCS(=O)(=O)C3)nc(C)n2)c1. The van der Waals surface area contributed by atoms with Crippen LogP contribution >= 0.6 is 0 Å². The monoisotopic (exact) mass is 346 g/mol. The molecular formula is C17H22N4O2S. The van der Waals surface area contributed by atoms with E-state index >= 15 is 0 Å². The Morgan fingerprint density at radius 2 is 1.96 bits per heavy atom. The third-order valence-electron chi connectivity index (χ3n) is 3.98. The molecule has 24 heavy (non-hydrogen) atoms. The Morgan fingerprint density at radius 1 is 1.17 bits per heavy atom. The quantitative estimate of drug-likeness (QED) is 0.864. The molecule has 1 atom stereocenters. The number of rotatable bonds is 5. The first-order chi connectivity index (χ1) is 11.4. The van der Waals surface area contributed by atoms with Gasteiger partial charge in [-0.15, -0.1) is 0 Å². The minimum Gasteiger partial charge on any atom is -0.366 e. The Bertz CT molecular complexity index is 836. The number of hydrogen-bond donors (Lipinski definition) is 2. The normalized spacial score (nSPS) is 19.2. The van der Waals surface area contributed by atoms with Crippen LogP contribution in [-0.4, -0.2) is 35.9 Å². The van der Waals surface area contributed by atoms with Crippen molar-refractivity contribution in [3.8, 4) is 0 Å². The van der Waals surface area contributed by atoms with E-state index in [4.69, 9.17) is 0 Å². The zero-order valence-electron chi connectivity index (χ0n) is 13.9. The molecule has 0 amide bonds. The molecule has 1 aliphatic rings. The van der Waals surface area contributed by atoms with Gasteiger partial charge in [-0.3, -0.25) is 0 Å². The highest BCUT2D eigenvalue weighted by Gasteiger charge is 2.28. The van der Waals surface area contributed by atoms with Crippen LogP contribution in [0.4, 0.5) is 11.6 Å². The fraction of sp³-hybridized carbons (Fsp3) is 0.412. The summed E-state index contributed by atoms with van der Waals surface area (Å²) in [5.41, 5.74) is 2.40. The standard InChI is InChI=1S/C17H22N4O2S/c1-12-4-3-5-14(8-12)10-18-16-9-17(20-13(2)19-16)21-15-6-7-24(22,23)11-15/h3-5,8-9,15H,6-7,10-11H2,1-2H3,(H2,18,19,20,21). The van der Waals surface area contributed by atoms with E-state index in [-0.39, 0.29) is 17.5 Å². The summed E-state index contributed by atoms with van der Waals surface area (Å²) < 4.78 is 23.1. The summed E-state index contributed by atoms with van der Waals surface area (Å²) in [4.78, 5) is 8.75. The second-order valence-electron chi connectivity index (χ2n) is 6.27. The van der Waals surface area contributed by atoms with E-state index in [2.05, 4.69) is 45.7 Å². The summed E-state index contributed by atoms with van der Waals surface area (Å²) in [5, 5.41) is 6.52. The van der Waals surface area contributed by atoms with Gasteiger partial charge in [0.25, 0.3) is 0 Å². The first-order valence-electron chi connectivity index (χ1n) is 8.02. The van der Waals surface area contributed by atoms with Crippen molar-refractivity contribution in [1.29, 1.82) is 0 Å². The van der Waals surface area contributed by atoms with Gasteiger partial charge in [-0.1, -0.05) is 29.8 Å². The Kier molecular flexibility index (Phi) is 4.71. The van der Waals surface area contributed by atoms with E-state index in [1.807, 2.05) is 19.1 Å². The van der Waals surface area contributed by atoms with Gasteiger partial charge < -0.3 is 10.6 Å². The van der Waals surface area contributed by atoms with Crippen LogP contribution in [-0.2, 0) is 16.4 Å². The van der Waals surface area contributed by atoms with Crippen molar-refractivity contribution in [1.82, 2.24) is 9.97 Å². The molecule has 6 nitrogen and oxygen atoms in total. The van der Waals surface area contributed by atoms with E-state index < -0.39 is 9.84 Å². The smallest absolute Gasteiger partial charge is 0.152 e. The van der Waals surface area contributed by atoms with Gasteiger partial charge in [0.1, 0.15) is 17.5 Å². The molecule has 2 heterocycles. The van der Waals surface area contributed by atoms with Crippen molar-refractivity contribution >= 4 is 21.5 Å². The van der Waals surface area contributed by atoms with Crippen molar-refractivity contribution in [2.75, 3.05) is 22.1 Å². The Hall–Kier alpha value is -2.15. The van der Waals surface area contributed by atoms with Crippen LogP contribution < -0.4 is 10.6 Å². The highest BCUT2D eigenvalue weighted by Crippen LogP contribution is 2.18. The first-order valence-corrected chi connectivity index (χ1v) is 9.84. The van der Waals surface area contributed by atoms with Crippen molar-refractivity contribution < 1.29 is 8.42 Å². The molecule has 1 fully saturated rings. The number of anilines is 2. The van der Waals surface area contributed by atoms with Gasteiger partial charge in [0.2, 0.25) is 0 Å². The van der Waals surface area contributed by atoms with Crippen molar-refractivity contribution in [3.05, 3.63) is 47.3 Å². The van der Waals surface area contributed by atoms with E-state index in [1.165, 1.54) is 11.1 Å². The fourth-order valence-corrected chi connectivity index (χ4v) is 4.54. The minimum absolute atomic E-state index is 0.0751. The van der Waals surface area contributed by atoms with Gasteiger partial charge in [0.15, 0.2) is 9.84 Å². The van der Waals surface area contributed by atoms with Crippen molar-refractivity contribution in [2.45, 2.75) is 32.9 Å². The van der Waals surface area contributed by atoms with E-state index in [1.54, 1.807) is 0 Å². The molecule has 2 aromatic rings. The summed E-state index contributed by atoms with van der Waals surface area (Å²) in [6.45, 7) is 4.57. The Balaban J connectivity index is 1.67. The van der Waals surface area contributed by atoms with Gasteiger partial charge in [0, 0.05) is 18.7 Å². The average Bonchev–Trinajstić information content (AvgIpc) is 2.83. The third-order valence-corrected chi connectivity index (χ3v) is 5.75. The van der Waals surface area contributed by atoms with Crippen LogP contribution in [0.2, 0.25) is 0 Å². The number of aromatic nitrogens is 2. The summed E-state index contributed by atoms with van der Waals surface area (Å²) in [6, 6.07) is 10.0. The summed E-state index contributed by atoms with van der Waals surface area (Å²) in [6.07, 6.45) is 0.622. The highest BCUT2D eigenvalue weighted by atomic mass is 32.2. The van der Waals surface area contributed by atoms with E-state index in [0.717, 1.165) is 5.82 Å². The predicted molar refractivity (Wildman–Crippen MR) is 96.0 cm³/mol. The molecule has 3 rings (SSSR count). The van der Waals surface area contributed by atoms with Crippen LogP contribution in [0.3, 0.4) is 0 Å². The highest BCUT2D eigenvalue weighted by molar-refractivity contribution is 7.91. The second-order valence-corrected chi connectivity index (χ2v) is 8.50. The fourth-order valence-electron chi connectivity index (χ4n) is 2.86. The van der Waals surface area contributed by atoms with Gasteiger partial charge >= 0.3 is 0 Å². The van der Waals surface area contributed by atoms with Gasteiger partial charge in [-0.2, -0.15) is 0 Å². The molecule has 0 saturated carbocycles. The second kappa shape index (κ2) is 6.76. The predicted octanol–water partition coefficient (Wildman–Crippen LogP) is 2.30. The van der Waals surface area contributed by atoms with Crippen molar-refractivity contribution in [2.24, 2.45) is 0 Å². The number of sulfone groups is 1.